The molecule has 16 heavy (non-hydrogen) atoms. The third kappa shape index (κ3) is 1.41. The van der Waals surface area contributed by atoms with E-state index in [0.29, 0.717) is 24.8 Å². The first-order valence-corrected chi connectivity index (χ1v) is 5.73. The molecule has 1 aromatic rings. The summed E-state index contributed by atoms with van der Waals surface area (Å²) in [6, 6.07) is 1.99. The molecule has 0 bridgehead atoms. The lowest BCUT2D eigenvalue weighted by atomic mass is 9.99. The molecule has 1 aliphatic heterocycles. The van der Waals surface area contributed by atoms with E-state index in [-0.39, 0.29) is 0 Å². The minimum absolute atomic E-state index is 0.457. The van der Waals surface area contributed by atoms with E-state index in [1.165, 1.54) is 0 Å². The molecule has 0 unspecified atom stereocenters. The fourth-order valence-corrected chi connectivity index (χ4v) is 2.37. The predicted molar refractivity (Wildman–Crippen MR) is 59.7 cm³/mol. The van der Waals surface area contributed by atoms with Gasteiger partial charge in [-0.1, -0.05) is 0 Å². The van der Waals surface area contributed by atoms with Crippen molar-refractivity contribution in [1.82, 2.24) is 4.98 Å². The average Bonchev–Trinajstić information content (AvgIpc) is 3.02. The lowest BCUT2D eigenvalue weighted by Crippen LogP contribution is -2.31. The normalized spacial score (nSPS) is 23.6. The summed E-state index contributed by atoms with van der Waals surface area (Å²) < 4.78 is 11.7. The van der Waals surface area contributed by atoms with Crippen LogP contribution in [0.5, 0.6) is 0 Å². The van der Waals surface area contributed by atoms with Gasteiger partial charge in [-0.2, -0.15) is 0 Å². The van der Waals surface area contributed by atoms with Crippen LogP contribution in [0.3, 0.4) is 0 Å². The number of nitrogens with two attached hydrogens (primary N) is 1. The molecular formula is C12H16N2O2. The van der Waals surface area contributed by atoms with Gasteiger partial charge in [0.05, 0.1) is 25.1 Å². The summed E-state index contributed by atoms with van der Waals surface area (Å²) in [6.07, 6.45) is 4.00. The van der Waals surface area contributed by atoms with Gasteiger partial charge in [-0.05, 0) is 25.8 Å². The number of hydrogen-bond acceptors (Lipinski definition) is 4. The highest BCUT2D eigenvalue weighted by atomic mass is 16.7. The number of hydrogen-bond donors (Lipinski definition) is 1. The Hall–Kier alpha value is -1.13. The van der Waals surface area contributed by atoms with Gasteiger partial charge in [0.1, 0.15) is 0 Å². The molecule has 86 valence electrons. The molecule has 2 fully saturated rings. The van der Waals surface area contributed by atoms with E-state index < -0.39 is 5.79 Å². The number of aryl methyl sites for hydroxylation is 1. The highest BCUT2D eigenvalue weighted by Crippen LogP contribution is 2.52. The standard InChI is InChI=1S/C12H16N2O2/c1-8-6-10(11(13)7-14-8)12(9-2-3-9)15-4-5-16-12/h6-7,9H,2-5,13H2,1H3. The molecule has 2 N–H and O–H groups in total. The van der Waals surface area contributed by atoms with E-state index in [1.54, 1.807) is 6.20 Å². The monoisotopic (exact) mass is 220 g/mol. The number of ether oxygens (including phenoxy) is 2. The van der Waals surface area contributed by atoms with Crippen molar-refractivity contribution < 1.29 is 9.47 Å². The van der Waals surface area contributed by atoms with Crippen molar-refractivity contribution in [3.63, 3.8) is 0 Å². The highest BCUT2D eigenvalue weighted by Gasteiger charge is 2.52. The zero-order valence-electron chi connectivity index (χ0n) is 9.40. The zero-order chi connectivity index (χ0) is 11.2. The van der Waals surface area contributed by atoms with Crippen molar-refractivity contribution in [2.45, 2.75) is 25.6 Å². The van der Waals surface area contributed by atoms with E-state index in [0.717, 1.165) is 24.1 Å². The first-order valence-electron chi connectivity index (χ1n) is 5.73. The van der Waals surface area contributed by atoms with Crippen LogP contribution in [0.25, 0.3) is 0 Å². The Morgan fingerprint density at radius 3 is 2.69 bits per heavy atom. The Morgan fingerprint density at radius 2 is 2.06 bits per heavy atom. The van der Waals surface area contributed by atoms with E-state index in [2.05, 4.69) is 4.98 Å². The second-order valence-corrected chi connectivity index (χ2v) is 4.55. The second-order valence-electron chi connectivity index (χ2n) is 4.55. The largest absolute Gasteiger partial charge is 0.397 e. The van der Waals surface area contributed by atoms with E-state index >= 15 is 0 Å². The van der Waals surface area contributed by atoms with Gasteiger partial charge in [0.15, 0.2) is 5.79 Å². The number of nitrogen functional groups attached to an aromatic ring is 1. The number of pyridine rings is 1. The van der Waals surface area contributed by atoms with Crippen molar-refractivity contribution in [2.75, 3.05) is 18.9 Å². The summed E-state index contributed by atoms with van der Waals surface area (Å²) in [6.45, 7) is 3.26. The zero-order valence-corrected chi connectivity index (χ0v) is 9.40. The van der Waals surface area contributed by atoms with Crippen LogP contribution < -0.4 is 5.73 Å². The molecule has 0 radical (unpaired) electrons. The maximum Gasteiger partial charge on any atom is 0.199 e. The maximum atomic E-state index is 6.00. The molecule has 0 spiro atoms. The van der Waals surface area contributed by atoms with E-state index in [4.69, 9.17) is 15.2 Å². The van der Waals surface area contributed by atoms with Gasteiger partial charge in [-0.3, -0.25) is 4.98 Å². The Balaban J connectivity index is 2.08. The summed E-state index contributed by atoms with van der Waals surface area (Å²) >= 11 is 0. The van der Waals surface area contributed by atoms with Gasteiger partial charge in [-0.15, -0.1) is 0 Å². The Labute approximate surface area is 94.8 Å². The maximum absolute atomic E-state index is 6.00. The van der Waals surface area contributed by atoms with Crippen LogP contribution in [0.4, 0.5) is 5.69 Å². The van der Waals surface area contributed by atoms with Crippen LogP contribution in [0.2, 0.25) is 0 Å². The molecule has 0 amide bonds. The third-order valence-electron chi connectivity index (χ3n) is 3.28. The summed E-state index contributed by atoms with van der Waals surface area (Å²) in [4.78, 5) is 4.19. The molecule has 1 aliphatic carbocycles. The quantitative estimate of drug-likeness (QED) is 0.822. The molecule has 0 aromatic carbocycles. The van der Waals surface area contributed by atoms with Gasteiger partial charge >= 0.3 is 0 Å². The van der Waals surface area contributed by atoms with Crippen molar-refractivity contribution in [3.05, 3.63) is 23.5 Å². The van der Waals surface area contributed by atoms with Crippen LogP contribution >= 0.6 is 0 Å². The Bertz CT molecular complexity index is 409. The van der Waals surface area contributed by atoms with Gasteiger partial charge in [0.2, 0.25) is 0 Å². The van der Waals surface area contributed by atoms with Gasteiger partial charge < -0.3 is 15.2 Å². The highest BCUT2D eigenvalue weighted by molar-refractivity contribution is 5.48. The fraction of sp³-hybridized carbons (Fsp3) is 0.583. The molecule has 1 saturated heterocycles. The molecule has 4 nitrogen and oxygen atoms in total. The lowest BCUT2D eigenvalue weighted by molar-refractivity contribution is -0.181. The van der Waals surface area contributed by atoms with Crippen LogP contribution in [-0.2, 0) is 15.3 Å². The van der Waals surface area contributed by atoms with Crippen molar-refractivity contribution in [1.29, 1.82) is 0 Å². The van der Waals surface area contributed by atoms with Crippen LogP contribution in [-0.4, -0.2) is 18.2 Å². The molecular weight excluding hydrogens is 204 g/mol. The molecule has 1 saturated carbocycles. The summed E-state index contributed by atoms with van der Waals surface area (Å²) in [7, 11) is 0. The third-order valence-corrected chi connectivity index (χ3v) is 3.28. The Morgan fingerprint density at radius 1 is 1.38 bits per heavy atom. The number of aromatic nitrogens is 1. The molecule has 0 atom stereocenters. The molecule has 4 heteroatoms. The Kier molecular flexibility index (Phi) is 2.16. The van der Waals surface area contributed by atoms with E-state index in [1.807, 2.05) is 13.0 Å². The van der Waals surface area contributed by atoms with Gasteiger partial charge in [-0.25, -0.2) is 0 Å². The van der Waals surface area contributed by atoms with Crippen molar-refractivity contribution >= 4 is 5.69 Å². The number of rotatable bonds is 2. The van der Waals surface area contributed by atoms with Crippen molar-refractivity contribution in [2.24, 2.45) is 5.92 Å². The van der Waals surface area contributed by atoms with Gasteiger partial charge in [0, 0.05) is 17.2 Å². The lowest BCUT2D eigenvalue weighted by Gasteiger charge is -2.29. The summed E-state index contributed by atoms with van der Waals surface area (Å²) in [5.41, 5.74) is 8.57. The smallest absolute Gasteiger partial charge is 0.199 e. The molecule has 2 heterocycles. The molecule has 1 aromatic heterocycles. The first-order chi connectivity index (χ1) is 7.72. The minimum atomic E-state index is -0.586. The van der Waals surface area contributed by atoms with Crippen LogP contribution in [0, 0.1) is 12.8 Å². The van der Waals surface area contributed by atoms with Crippen molar-refractivity contribution in [3.8, 4) is 0 Å². The summed E-state index contributed by atoms with van der Waals surface area (Å²) in [5.74, 6) is -0.128. The van der Waals surface area contributed by atoms with Gasteiger partial charge in [0.25, 0.3) is 0 Å². The minimum Gasteiger partial charge on any atom is -0.397 e. The van der Waals surface area contributed by atoms with E-state index in [9.17, 15) is 0 Å². The SMILES string of the molecule is Cc1cc(C2(C3CC3)OCCO2)c(N)cn1. The first kappa shape index (κ1) is 10.1. The fourth-order valence-electron chi connectivity index (χ4n) is 2.37. The predicted octanol–water partition coefficient (Wildman–Crippen LogP) is 1.58. The second kappa shape index (κ2) is 3.43. The summed E-state index contributed by atoms with van der Waals surface area (Å²) in [5, 5.41) is 0. The molecule has 2 aliphatic rings. The van der Waals surface area contributed by atoms with Crippen LogP contribution in [0.15, 0.2) is 12.3 Å². The van der Waals surface area contributed by atoms with Crippen LogP contribution in [0.1, 0.15) is 24.1 Å². The average molecular weight is 220 g/mol. The number of nitrogens with zero attached hydrogens (tertiary/aromatic N) is 1. The topological polar surface area (TPSA) is 57.4 Å². The number of anilines is 1. The molecule has 3 rings (SSSR count).